The second-order valence-corrected chi connectivity index (χ2v) is 5.45. The van der Waals surface area contributed by atoms with E-state index in [2.05, 4.69) is 16.5 Å². The Morgan fingerprint density at radius 1 is 1.24 bits per heavy atom. The molecule has 1 unspecified atom stereocenters. The van der Waals surface area contributed by atoms with E-state index in [-0.39, 0.29) is 6.17 Å². The first-order chi connectivity index (χ1) is 10.1. The number of anilines is 1. The number of hydrogen-bond acceptors (Lipinski definition) is 4. The fourth-order valence-electron chi connectivity index (χ4n) is 2.82. The van der Waals surface area contributed by atoms with E-state index in [1.165, 1.54) is 0 Å². The van der Waals surface area contributed by atoms with Gasteiger partial charge in [-0.3, -0.25) is 0 Å². The van der Waals surface area contributed by atoms with Crippen LogP contribution in [0.3, 0.4) is 0 Å². The van der Waals surface area contributed by atoms with Crippen LogP contribution in [-0.2, 0) is 6.42 Å². The van der Waals surface area contributed by atoms with Crippen molar-refractivity contribution >= 4 is 27.8 Å². The van der Waals surface area contributed by atoms with Crippen molar-refractivity contribution in [2.75, 3.05) is 5.73 Å². The molecule has 0 spiro atoms. The lowest BCUT2D eigenvalue weighted by Crippen LogP contribution is -2.17. The van der Waals surface area contributed by atoms with Gasteiger partial charge in [-0.25, -0.2) is 9.97 Å². The van der Waals surface area contributed by atoms with E-state index in [1.54, 1.807) is 0 Å². The molecule has 0 saturated carbocycles. The van der Waals surface area contributed by atoms with Crippen LogP contribution in [0.2, 0.25) is 0 Å². The lowest BCUT2D eigenvalue weighted by molar-refractivity contribution is 0.552. The minimum atomic E-state index is -0.146. The highest BCUT2D eigenvalue weighted by Gasteiger charge is 2.18. The predicted molar refractivity (Wildman–Crippen MR) is 87.0 cm³/mol. The molecule has 2 heterocycles. The van der Waals surface area contributed by atoms with E-state index in [1.807, 2.05) is 31.2 Å². The van der Waals surface area contributed by atoms with E-state index in [0.717, 1.165) is 47.0 Å². The molecule has 0 amide bonds. The number of pyridine rings is 1. The molecular weight excluding hydrogens is 262 g/mol. The van der Waals surface area contributed by atoms with Crippen LogP contribution in [0.1, 0.15) is 38.7 Å². The van der Waals surface area contributed by atoms with Crippen molar-refractivity contribution in [2.24, 2.45) is 5.73 Å². The van der Waals surface area contributed by atoms with Crippen LogP contribution in [0.15, 0.2) is 24.3 Å². The molecule has 1 atom stereocenters. The fourth-order valence-corrected chi connectivity index (χ4v) is 2.82. The SMILES string of the molecule is CCCCc1nc2c(N)nc3ccccc3c2n1C(C)N. The minimum Gasteiger partial charge on any atom is -0.382 e. The summed E-state index contributed by atoms with van der Waals surface area (Å²) in [6, 6.07) is 7.98. The Hall–Kier alpha value is -2.14. The molecule has 0 saturated heterocycles. The average molecular weight is 283 g/mol. The molecule has 0 aliphatic rings. The fraction of sp³-hybridized carbons (Fsp3) is 0.375. The van der Waals surface area contributed by atoms with E-state index in [4.69, 9.17) is 16.5 Å². The van der Waals surface area contributed by atoms with Gasteiger partial charge in [-0.05, 0) is 19.4 Å². The summed E-state index contributed by atoms with van der Waals surface area (Å²) in [5.41, 5.74) is 14.9. The molecule has 110 valence electrons. The van der Waals surface area contributed by atoms with Crippen LogP contribution in [0.4, 0.5) is 5.82 Å². The normalized spacial score (nSPS) is 13.1. The molecule has 0 bridgehead atoms. The van der Waals surface area contributed by atoms with Crippen LogP contribution >= 0.6 is 0 Å². The standard InChI is InChI=1S/C16H21N5/c1-3-4-9-13-20-14-15(21(13)10(2)17)11-7-5-6-8-12(11)19-16(14)18/h5-8,10H,3-4,9,17H2,1-2H3,(H2,18,19). The largest absolute Gasteiger partial charge is 0.382 e. The second kappa shape index (κ2) is 5.33. The maximum Gasteiger partial charge on any atom is 0.152 e. The molecule has 21 heavy (non-hydrogen) atoms. The molecule has 3 rings (SSSR count). The molecule has 2 aromatic heterocycles. The first kappa shape index (κ1) is 13.8. The highest BCUT2D eigenvalue weighted by molar-refractivity contribution is 6.06. The summed E-state index contributed by atoms with van der Waals surface area (Å²) in [7, 11) is 0. The third kappa shape index (κ3) is 2.23. The lowest BCUT2D eigenvalue weighted by atomic mass is 10.2. The van der Waals surface area contributed by atoms with Gasteiger partial charge in [-0.15, -0.1) is 0 Å². The Morgan fingerprint density at radius 2 is 2.00 bits per heavy atom. The second-order valence-electron chi connectivity index (χ2n) is 5.45. The molecule has 0 radical (unpaired) electrons. The van der Waals surface area contributed by atoms with Gasteiger partial charge in [0.15, 0.2) is 5.82 Å². The zero-order valence-corrected chi connectivity index (χ0v) is 12.5. The van der Waals surface area contributed by atoms with Crippen LogP contribution in [0.5, 0.6) is 0 Å². The summed E-state index contributed by atoms with van der Waals surface area (Å²) in [4.78, 5) is 9.18. The maximum atomic E-state index is 6.20. The molecule has 0 aliphatic carbocycles. The quantitative estimate of drug-likeness (QED) is 0.771. The summed E-state index contributed by atoms with van der Waals surface area (Å²) in [6.07, 6.45) is 2.96. The first-order valence-electron chi connectivity index (χ1n) is 7.44. The topological polar surface area (TPSA) is 82.8 Å². The van der Waals surface area contributed by atoms with Crippen molar-refractivity contribution in [3.63, 3.8) is 0 Å². The zero-order valence-electron chi connectivity index (χ0n) is 12.5. The highest BCUT2D eigenvalue weighted by atomic mass is 15.2. The van der Waals surface area contributed by atoms with Crippen LogP contribution < -0.4 is 11.5 Å². The summed E-state index contributed by atoms with van der Waals surface area (Å²) in [5, 5.41) is 1.05. The Morgan fingerprint density at radius 3 is 2.71 bits per heavy atom. The van der Waals surface area contributed by atoms with Crippen molar-refractivity contribution in [1.29, 1.82) is 0 Å². The summed E-state index contributed by atoms with van der Waals surface area (Å²) in [5.74, 6) is 1.47. The van der Waals surface area contributed by atoms with Crippen molar-refractivity contribution in [3.05, 3.63) is 30.1 Å². The maximum absolute atomic E-state index is 6.20. The smallest absolute Gasteiger partial charge is 0.152 e. The molecule has 0 fully saturated rings. The first-order valence-corrected chi connectivity index (χ1v) is 7.44. The molecule has 4 N–H and O–H groups in total. The number of imidazole rings is 1. The predicted octanol–water partition coefficient (Wildman–Crippen LogP) is 2.99. The average Bonchev–Trinajstić information content (AvgIpc) is 2.85. The third-order valence-electron chi connectivity index (χ3n) is 3.79. The number of benzene rings is 1. The van der Waals surface area contributed by atoms with Gasteiger partial charge in [0.1, 0.15) is 11.3 Å². The number of nitrogens with two attached hydrogens (primary N) is 2. The Labute approximate surface area is 124 Å². The number of fused-ring (bicyclic) bond motifs is 3. The van der Waals surface area contributed by atoms with E-state index < -0.39 is 0 Å². The highest BCUT2D eigenvalue weighted by Crippen LogP contribution is 2.30. The Bertz CT molecular complexity index is 788. The van der Waals surface area contributed by atoms with Crippen LogP contribution in [-0.4, -0.2) is 14.5 Å². The van der Waals surface area contributed by atoms with Crippen molar-refractivity contribution in [3.8, 4) is 0 Å². The number of nitrogens with zero attached hydrogens (tertiary/aromatic N) is 3. The zero-order chi connectivity index (χ0) is 15.0. The van der Waals surface area contributed by atoms with Crippen molar-refractivity contribution in [2.45, 2.75) is 39.3 Å². The van der Waals surface area contributed by atoms with Gasteiger partial charge >= 0.3 is 0 Å². The Kier molecular flexibility index (Phi) is 3.51. The molecular formula is C16H21N5. The third-order valence-corrected chi connectivity index (χ3v) is 3.79. The van der Waals surface area contributed by atoms with Crippen molar-refractivity contribution < 1.29 is 0 Å². The van der Waals surface area contributed by atoms with Gasteiger partial charge in [0.25, 0.3) is 0 Å². The number of rotatable bonds is 4. The number of unbranched alkanes of at least 4 members (excludes halogenated alkanes) is 1. The lowest BCUT2D eigenvalue weighted by Gasteiger charge is -2.14. The van der Waals surface area contributed by atoms with Gasteiger partial charge in [0.05, 0.1) is 17.2 Å². The van der Waals surface area contributed by atoms with Gasteiger partial charge in [0, 0.05) is 11.8 Å². The van der Waals surface area contributed by atoms with E-state index in [0.29, 0.717) is 5.82 Å². The van der Waals surface area contributed by atoms with Gasteiger partial charge in [-0.2, -0.15) is 0 Å². The molecule has 5 nitrogen and oxygen atoms in total. The number of hydrogen-bond donors (Lipinski definition) is 2. The van der Waals surface area contributed by atoms with Gasteiger partial charge in [0.2, 0.25) is 0 Å². The van der Waals surface area contributed by atoms with Gasteiger partial charge in [-0.1, -0.05) is 31.5 Å². The summed E-state index contributed by atoms with van der Waals surface area (Å²) >= 11 is 0. The molecule has 1 aromatic carbocycles. The number of aromatic nitrogens is 3. The van der Waals surface area contributed by atoms with E-state index >= 15 is 0 Å². The number of para-hydroxylation sites is 1. The minimum absolute atomic E-state index is 0.146. The molecule has 0 aliphatic heterocycles. The van der Waals surface area contributed by atoms with Crippen LogP contribution in [0, 0.1) is 0 Å². The van der Waals surface area contributed by atoms with Gasteiger partial charge < -0.3 is 16.0 Å². The van der Waals surface area contributed by atoms with E-state index in [9.17, 15) is 0 Å². The molecule has 3 aromatic rings. The monoisotopic (exact) mass is 283 g/mol. The number of aryl methyl sites for hydroxylation is 1. The Balaban J connectivity index is 2.38. The number of nitrogen functional groups attached to an aromatic ring is 1. The molecule has 5 heteroatoms. The summed E-state index contributed by atoms with van der Waals surface area (Å²) < 4.78 is 2.10. The summed E-state index contributed by atoms with van der Waals surface area (Å²) in [6.45, 7) is 4.14. The van der Waals surface area contributed by atoms with Crippen LogP contribution in [0.25, 0.3) is 21.9 Å². The van der Waals surface area contributed by atoms with Crippen molar-refractivity contribution in [1.82, 2.24) is 14.5 Å².